The molecule has 0 fully saturated rings. The van der Waals surface area contributed by atoms with Gasteiger partial charge in [-0.1, -0.05) is 51.1 Å². The second kappa shape index (κ2) is 23.6. The number of nitrogens with one attached hydrogen (secondary N) is 5. The van der Waals surface area contributed by atoms with Crippen LogP contribution in [0.5, 0.6) is 0 Å². The Balaban J connectivity index is 2.10. The standard InChI is InChI=1S/C43H57F2N9O10/c1-24(46)39(61)51-32(20-37(59)60)42(64)52-31(19-34(47)56)41(63)50-30(40(62)49-15-13-35(57)48-5)14-16-54(36(58)23-55)38(43(2,3)4)33-17-26(28-18-27(44)11-12-29(28)45)22-53(33)21-25-9-7-6-8-10-25/h6-12,17-18,22,24,30-32,38,55H,13-16,19-21,23,46H2,1-5H3,(H2,47,56)(H,48,57)(H,49,62)(H,50,63)(H,51,61)(H,52,64)(H,59,60)/t24-,30-,31-,32-,38-/m0/s1. The van der Waals surface area contributed by atoms with Gasteiger partial charge in [-0.2, -0.15) is 0 Å². The molecule has 3 aromatic rings. The molecule has 0 spiro atoms. The van der Waals surface area contributed by atoms with Gasteiger partial charge in [-0.05, 0) is 48.6 Å². The van der Waals surface area contributed by atoms with Gasteiger partial charge >= 0.3 is 5.97 Å². The number of carboxylic acids is 1. The van der Waals surface area contributed by atoms with E-state index in [0.29, 0.717) is 5.69 Å². The highest BCUT2D eigenvalue weighted by atomic mass is 19.1. The van der Waals surface area contributed by atoms with Crippen LogP contribution in [0.2, 0.25) is 0 Å². The van der Waals surface area contributed by atoms with Crippen molar-refractivity contribution in [1.82, 2.24) is 36.1 Å². The Labute approximate surface area is 368 Å². The molecule has 1 aromatic heterocycles. The zero-order valence-electron chi connectivity index (χ0n) is 36.3. The van der Waals surface area contributed by atoms with Gasteiger partial charge in [0, 0.05) is 56.1 Å². The van der Waals surface area contributed by atoms with Crippen LogP contribution >= 0.6 is 0 Å². The van der Waals surface area contributed by atoms with Gasteiger partial charge < -0.3 is 57.7 Å². The number of amides is 7. The summed E-state index contributed by atoms with van der Waals surface area (Å²) in [6, 6.07) is 6.51. The van der Waals surface area contributed by atoms with Crippen LogP contribution in [0.25, 0.3) is 11.1 Å². The summed E-state index contributed by atoms with van der Waals surface area (Å²) < 4.78 is 31.5. The van der Waals surface area contributed by atoms with Crippen molar-refractivity contribution in [3.8, 4) is 11.1 Å². The molecular weight excluding hydrogens is 841 g/mol. The van der Waals surface area contributed by atoms with Crippen molar-refractivity contribution in [3.63, 3.8) is 0 Å². The lowest BCUT2D eigenvalue weighted by atomic mass is 9.82. The molecule has 0 saturated carbocycles. The first-order valence-electron chi connectivity index (χ1n) is 20.3. The predicted octanol–water partition coefficient (Wildman–Crippen LogP) is 0.184. The van der Waals surface area contributed by atoms with Crippen molar-refractivity contribution < 1.29 is 57.4 Å². The number of nitrogens with zero attached hydrogens (tertiary/aromatic N) is 2. The van der Waals surface area contributed by atoms with Crippen LogP contribution in [0.3, 0.4) is 0 Å². The maximum atomic E-state index is 15.2. The second-order valence-electron chi connectivity index (χ2n) is 16.1. The number of primary amides is 1. The maximum Gasteiger partial charge on any atom is 0.305 e. The molecule has 5 atom stereocenters. The highest BCUT2D eigenvalue weighted by Crippen LogP contribution is 2.41. The Morgan fingerprint density at radius 2 is 1.45 bits per heavy atom. The van der Waals surface area contributed by atoms with E-state index in [-0.39, 0.29) is 43.6 Å². The summed E-state index contributed by atoms with van der Waals surface area (Å²) in [5.74, 6) is -9.36. The minimum absolute atomic E-state index is 0.0554. The predicted molar refractivity (Wildman–Crippen MR) is 228 cm³/mol. The number of carboxylic acid groups (broad SMARTS) is 1. The molecule has 0 aliphatic rings. The number of aliphatic hydroxyl groups is 1. The van der Waals surface area contributed by atoms with E-state index in [1.807, 2.05) is 30.3 Å². The number of hydrogen-bond acceptors (Lipinski definition) is 10. The summed E-state index contributed by atoms with van der Waals surface area (Å²) in [5.41, 5.74) is 11.6. The van der Waals surface area contributed by atoms with Crippen LogP contribution in [0.1, 0.15) is 70.7 Å². The third-order valence-corrected chi connectivity index (χ3v) is 9.92. The molecule has 3 rings (SSSR count). The summed E-state index contributed by atoms with van der Waals surface area (Å²) in [6.07, 6.45) is -0.737. The molecule has 2 aromatic carbocycles. The third-order valence-electron chi connectivity index (χ3n) is 9.92. The van der Waals surface area contributed by atoms with Gasteiger partial charge in [0.15, 0.2) is 0 Å². The third kappa shape index (κ3) is 15.3. The van der Waals surface area contributed by atoms with Crippen molar-refractivity contribution in [1.29, 1.82) is 0 Å². The van der Waals surface area contributed by atoms with Gasteiger partial charge in [0.1, 0.15) is 36.4 Å². The Kier molecular flexibility index (Phi) is 19.1. The van der Waals surface area contributed by atoms with Gasteiger partial charge in [-0.15, -0.1) is 0 Å². The molecule has 7 amide bonds. The van der Waals surface area contributed by atoms with Gasteiger partial charge in [0.25, 0.3) is 0 Å². The van der Waals surface area contributed by atoms with Crippen molar-refractivity contribution in [2.75, 3.05) is 26.7 Å². The number of aliphatic carboxylic acids is 1. The minimum Gasteiger partial charge on any atom is -0.481 e. The fourth-order valence-corrected chi connectivity index (χ4v) is 6.83. The van der Waals surface area contributed by atoms with E-state index in [1.165, 1.54) is 18.9 Å². The summed E-state index contributed by atoms with van der Waals surface area (Å²) >= 11 is 0. The van der Waals surface area contributed by atoms with E-state index in [9.17, 15) is 53.0 Å². The Bertz CT molecular complexity index is 2160. The van der Waals surface area contributed by atoms with Gasteiger partial charge in [-0.3, -0.25) is 38.4 Å². The molecule has 0 unspecified atom stereocenters. The SMILES string of the molecule is CNC(=O)CCNC(=O)[C@H](CCN(C(=O)CO)[C@@H](c1cc(-c2cc(F)ccc2F)cn1Cc1ccccc1)C(C)(C)C)NC(=O)[C@H](CC(N)=O)NC(=O)[C@H](CC(=O)O)NC(=O)[C@H](C)N. The van der Waals surface area contributed by atoms with Crippen LogP contribution in [-0.4, -0.2) is 118 Å². The molecule has 348 valence electrons. The quantitative estimate of drug-likeness (QED) is 0.0619. The second-order valence-corrected chi connectivity index (χ2v) is 16.1. The number of hydrogen-bond donors (Lipinski definition) is 9. The highest BCUT2D eigenvalue weighted by molar-refractivity contribution is 5.97. The van der Waals surface area contributed by atoms with Crippen molar-refractivity contribution in [2.45, 2.75) is 90.1 Å². The van der Waals surface area contributed by atoms with E-state index >= 15 is 4.39 Å². The lowest BCUT2D eigenvalue weighted by Gasteiger charge is -2.41. The summed E-state index contributed by atoms with van der Waals surface area (Å²) in [6.45, 7) is 5.32. The molecular formula is C43H57F2N9O10. The normalized spacial score (nSPS) is 13.6. The molecule has 21 heteroatoms. The Morgan fingerprint density at radius 1 is 0.844 bits per heavy atom. The molecule has 0 aliphatic carbocycles. The first-order chi connectivity index (χ1) is 30.1. The number of aliphatic hydroxyl groups excluding tert-OH is 1. The number of rotatable bonds is 23. The number of nitrogens with two attached hydrogens (primary N) is 2. The molecule has 0 radical (unpaired) electrons. The first-order valence-corrected chi connectivity index (χ1v) is 20.3. The van der Waals surface area contributed by atoms with Gasteiger partial charge in [0.05, 0.1) is 24.9 Å². The summed E-state index contributed by atoms with van der Waals surface area (Å²) in [5, 5.41) is 31.5. The largest absolute Gasteiger partial charge is 0.481 e. The molecule has 0 bridgehead atoms. The Hall–Kier alpha value is -6.74. The number of halogens is 2. The molecule has 11 N–H and O–H groups in total. The van der Waals surface area contributed by atoms with Crippen LogP contribution in [-0.2, 0) is 44.9 Å². The molecule has 19 nitrogen and oxygen atoms in total. The van der Waals surface area contributed by atoms with Crippen molar-refractivity contribution in [2.24, 2.45) is 16.9 Å². The van der Waals surface area contributed by atoms with E-state index in [1.54, 1.807) is 37.6 Å². The monoisotopic (exact) mass is 897 g/mol. The Morgan fingerprint density at radius 3 is 2.02 bits per heavy atom. The molecule has 1 heterocycles. The lowest BCUT2D eigenvalue weighted by Crippen LogP contribution is -2.59. The van der Waals surface area contributed by atoms with E-state index < -0.39 is 114 Å². The van der Waals surface area contributed by atoms with E-state index in [0.717, 1.165) is 23.8 Å². The van der Waals surface area contributed by atoms with Crippen LogP contribution < -0.4 is 38.1 Å². The summed E-state index contributed by atoms with van der Waals surface area (Å²) in [4.78, 5) is 104. The number of carbonyl (C=O) groups excluding carboxylic acids is 7. The molecule has 64 heavy (non-hydrogen) atoms. The molecule has 0 aliphatic heterocycles. The van der Waals surface area contributed by atoms with Crippen LogP contribution in [0.4, 0.5) is 8.78 Å². The zero-order valence-corrected chi connectivity index (χ0v) is 36.3. The average molecular weight is 898 g/mol. The average Bonchev–Trinajstić information content (AvgIpc) is 3.62. The van der Waals surface area contributed by atoms with Gasteiger partial charge in [0.2, 0.25) is 41.4 Å². The smallest absolute Gasteiger partial charge is 0.305 e. The topological polar surface area (TPSA) is 297 Å². The van der Waals surface area contributed by atoms with E-state index in [2.05, 4.69) is 26.6 Å². The summed E-state index contributed by atoms with van der Waals surface area (Å²) in [7, 11) is 1.38. The number of carbonyl (C=O) groups is 8. The van der Waals surface area contributed by atoms with Crippen LogP contribution in [0, 0.1) is 17.0 Å². The fourth-order valence-electron chi connectivity index (χ4n) is 6.83. The highest BCUT2D eigenvalue weighted by Gasteiger charge is 2.39. The minimum atomic E-state index is -1.82. The first kappa shape index (κ1) is 51.6. The zero-order chi connectivity index (χ0) is 47.9. The van der Waals surface area contributed by atoms with E-state index in [4.69, 9.17) is 11.5 Å². The molecule has 0 saturated heterocycles. The maximum absolute atomic E-state index is 15.2. The van der Waals surface area contributed by atoms with Crippen molar-refractivity contribution >= 4 is 47.3 Å². The number of benzene rings is 2. The fraction of sp³-hybridized carbons (Fsp3) is 0.442. The number of aromatic nitrogens is 1. The van der Waals surface area contributed by atoms with Gasteiger partial charge in [-0.25, -0.2) is 8.78 Å². The van der Waals surface area contributed by atoms with Crippen LogP contribution in [0.15, 0.2) is 60.8 Å². The van der Waals surface area contributed by atoms with Crippen molar-refractivity contribution in [3.05, 3.63) is 83.7 Å². The lowest BCUT2D eigenvalue weighted by molar-refractivity contribution is -0.141.